The van der Waals surface area contributed by atoms with Gasteiger partial charge in [-0.1, -0.05) is 44.2 Å². The van der Waals surface area contributed by atoms with Crippen molar-refractivity contribution in [2.45, 2.75) is 26.4 Å². The molecule has 2 rings (SSSR count). The van der Waals surface area contributed by atoms with E-state index in [9.17, 15) is 9.18 Å². The average Bonchev–Trinajstić information content (AvgIpc) is 2.52. The number of halogens is 1. The fourth-order valence-electron chi connectivity index (χ4n) is 2.11. The highest BCUT2D eigenvalue weighted by Crippen LogP contribution is 2.23. The van der Waals surface area contributed by atoms with Gasteiger partial charge in [0, 0.05) is 12.6 Å². The van der Waals surface area contributed by atoms with Crippen molar-refractivity contribution in [2.75, 3.05) is 7.11 Å². The van der Waals surface area contributed by atoms with Gasteiger partial charge >= 0.3 is 5.97 Å². The maximum Gasteiger partial charge on any atom is 0.340 e. The first-order chi connectivity index (χ1) is 10.5. The van der Waals surface area contributed by atoms with Crippen molar-refractivity contribution in [1.29, 1.82) is 0 Å². The molecule has 2 aromatic carbocycles. The van der Waals surface area contributed by atoms with Crippen LogP contribution in [0.2, 0.25) is 0 Å². The van der Waals surface area contributed by atoms with Crippen LogP contribution in [-0.4, -0.2) is 19.1 Å². The lowest BCUT2D eigenvalue weighted by Gasteiger charge is -2.09. The second kappa shape index (κ2) is 7.18. The number of hydrogen-bond donors (Lipinski definition) is 1. The third-order valence-electron chi connectivity index (χ3n) is 3.38. The van der Waals surface area contributed by atoms with Crippen LogP contribution >= 0.6 is 0 Å². The van der Waals surface area contributed by atoms with E-state index in [1.54, 1.807) is 6.07 Å². The lowest BCUT2D eigenvalue weighted by atomic mass is 10.0. The van der Waals surface area contributed by atoms with E-state index in [2.05, 4.69) is 23.9 Å². The lowest BCUT2D eigenvalue weighted by Crippen LogP contribution is -2.21. The molecule has 4 heteroatoms. The quantitative estimate of drug-likeness (QED) is 0.854. The first-order valence-electron chi connectivity index (χ1n) is 7.22. The van der Waals surface area contributed by atoms with Crippen molar-refractivity contribution < 1.29 is 13.9 Å². The molecule has 0 saturated carbocycles. The summed E-state index contributed by atoms with van der Waals surface area (Å²) in [5.41, 5.74) is 2.75. The van der Waals surface area contributed by atoms with Gasteiger partial charge in [0.05, 0.1) is 12.7 Å². The van der Waals surface area contributed by atoms with Gasteiger partial charge in [0.2, 0.25) is 0 Å². The highest BCUT2D eigenvalue weighted by molar-refractivity contribution is 5.90. The van der Waals surface area contributed by atoms with Gasteiger partial charge < -0.3 is 10.1 Å². The molecule has 0 aromatic heterocycles. The topological polar surface area (TPSA) is 38.3 Å². The summed E-state index contributed by atoms with van der Waals surface area (Å²) in [6.45, 7) is 4.99. The summed E-state index contributed by atoms with van der Waals surface area (Å²) in [4.78, 5) is 11.4. The summed E-state index contributed by atoms with van der Waals surface area (Å²) in [7, 11) is 1.24. The van der Waals surface area contributed by atoms with Crippen LogP contribution in [0, 0.1) is 5.82 Å². The summed E-state index contributed by atoms with van der Waals surface area (Å²) in [5, 5.41) is 3.35. The van der Waals surface area contributed by atoms with Gasteiger partial charge in [0.1, 0.15) is 5.82 Å². The largest absolute Gasteiger partial charge is 0.465 e. The Hall–Kier alpha value is -2.20. The molecular formula is C18H20FNO2. The maximum atomic E-state index is 14.0. The van der Waals surface area contributed by atoms with Crippen molar-refractivity contribution in [2.24, 2.45) is 0 Å². The molecule has 0 bridgehead atoms. The number of rotatable bonds is 5. The van der Waals surface area contributed by atoms with Gasteiger partial charge in [-0.2, -0.15) is 0 Å². The van der Waals surface area contributed by atoms with Gasteiger partial charge in [-0.3, -0.25) is 0 Å². The highest BCUT2D eigenvalue weighted by atomic mass is 19.1. The Bertz CT molecular complexity index is 651. The Morgan fingerprint density at radius 1 is 1.14 bits per heavy atom. The number of carbonyl (C=O) groups excluding carboxylic acids is 1. The Labute approximate surface area is 130 Å². The molecule has 1 N–H and O–H groups in total. The van der Waals surface area contributed by atoms with Crippen LogP contribution in [-0.2, 0) is 11.3 Å². The molecule has 0 heterocycles. The molecule has 0 amide bonds. The molecule has 0 fully saturated rings. The Balaban J connectivity index is 2.18. The van der Waals surface area contributed by atoms with Crippen LogP contribution in [0.5, 0.6) is 0 Å². The van der Waals surface area contributed by atoms with E-state index in [1.807, 2.05) is 24.3 Å². The number of nitrogens with one attached hydrogen (secondary N) is 1. The summed E-state index contributed by atoms with van der Waals surface area (Å²) in [6.07, 6.45) is 0. The van der Waals surface area contributed by atoms with E-state index in [-0.39, 0.29) is 5.56 Å². The van der Waals surface area contributed by atoms with Gasteiger partial charge in [0.25, 0.3) is 0 Å². The molecule has 0 aliphatic heterocycles. The third-order valence-corrected chi connectivity index (χ3v) is 3.38. The second-order valence-corrected chi connectivity index (χ2v) is 5.42. The van der Waals surface area contributed by atoms with Crippen molar-refractivity contribution in [3.05, 3.63) is 59.4 Å². The molecule has 22 heavy (non-hydrogen) atoms. The fourth-order valence-corrected chi connectivity index (χ4v) is 2.11. The minimum Gasteiger partial charge on any atom is -0.465 e. The molecular weight excluding hydrogens is 281 g/mol. The predicted molar refractivity (Wildman–Crippen MR) is 85.2 cm³/mol. The lowest BCUT2D eigenvalue weighted by molar-refractivity contribution is 0.0595. The van der Waals surface area contributed by atoms with Crippen LogP contribution in [0.25, 0.3) is 11.1 Å². The standard InChI is InChI=1S/C18H20FNO2/c1-12(2)20-11-13-4-6-14(7-5-13)15-8-9-16(17(19)10-15)18(21)22-3/h4-10,12,20H,11H2,1-3H3. The van der Waals surface area contributed by atoms with E-state index >= 15 is 0 Å². The molecule has 0 radical (unpaired) electrons. The van der Waals surface area contributed by atoms with Crippen LogP contribution in [0.3, 0.4) is 0 Å². The maximum absolute atomic E-state index is 14.0. The van der Waals surface area contributed by atoms with Gasteiger partial charge in [-0.15, -0.1) is 0 Å². The van der Waals surface area contributed by atoms with E-state index in [4.69, 9.17) is 0 Å². The third kappa shape index (κ3) is 3.92. The normalized spacial score (nSPS) is 10.8. The summed E-state index contributed by atoms with van der Waals surface area (Å²) in [5.74, 6) is -1.24. The van der Waals surface area contributed by atoms with E-state index in [0.29, 0.717) is 6.04 Å². The van der Waals surface area contributed by atoms with Crippen molar-refractivity contribution in [3.63, 3.8) is 0 Å². The molecule has 0 aliphatic rings. The first-order valence-corrected chi connectivity index (χ1v) is 7.22. The molecule has 116 valence electrons. The zero-order chi connectivity index (χ0) is 16.1. The summed E-state index contributed by atoms with van der Waals surface area (Å²) in [6, 6.07) is 12.9. The number of esters is 1. The Morgan fingerprint density at radius 3 is 2.32 bits per heavy atom. The molecule has 2 aromatic rings. The first kappa shape index (κ1) is 16.2. The second-order valence-electron chi connectivity index (χ2n) is 5.42. The van der Waals surface area contributed by atoms with Crippen molar-refractivity contribution in [3.8, 4) is 11.1 Å². The van der Waals surface area contributed by atoms with Crippen LogP contribution in [0.4, 0.5) is 4.39 Å². The SMILES string of the molecule is COC(=O)c1ccc(-c2ccc(CNC(C)C)cc2)cc1F. The zero-order valence-corrected chi connectivity index (χ0v) is 13.0. The molecule has 0 aliphatic carbocycles. The number of ether oxygens (including phenoxy) is 1. The smallest absolute Gasteiger partial charge is 0.340 e. The van der Waals surface area contributed by atoms with Crippen molar-refractivity contribution in [1.82, 2.24) is 5.32 Å². The molecule has 0 atom stereocenters. The van der Waals surface area contributed by atoms with Crippen LogP contribution in [0.1, 0.15) is 29.8 Å². The molecule has 0 spiro atoms. The molecule has 3 nitrogen and oxygen atoms in total. The van der Waals surface area contributed by atoms with Crippen molar-refractivity contribution >= 4 is 5.97 Å². The fraction of sp³-hybridized carbons (Fsp3) is 0.278. The summed E-state index contributed by atoms with van der Waals surface area (Å²) < 4.78 is 18.5. The Kier molecular flexibility index (Phi) is 5.28. The van der Waals surface area contributed by atoms with Gasteiger partial charge in [-0.25, -0.2) is 9.18 Å². The van der Waals surface area contributed by atoms with E-state index in [1.165, 1.54) is 24.8 Å². The van der Waals surface area contributed by atoms with Gasteiger partial charge in [0.15, 0.2) is 0 Å². The minimum absolute atomic E-state index is 0.0518. The molecule has 0 saturated heterocycles. The average molecular weight is 301 g/mol. The number of hydrogen-bond acceptors (Lipinski definition) is 3. The number of methoxy groups -OCH3 is 1. The Morgan fingerprint density at radius 2 is 1.77 bits per heavy atom. The van der Waals surface area contributed by atoms with E-state index < -0.39 is 11.8 Å². The monoisotopic (exact) mass is 301 g/mol. The number of benzene rings is 2. The molecule has 0 unspecified atom stereocenters. The predicted octanol–water partition coefficient (Wildman–Crippen LogP) is 3.78. The summed E-state index contributed by atoms with van der Waals surface area (Å²) >= 11 is 0. The van der Waals surface area contributed by atoms with Gasteiger partial charge in [-0.05, 0) is 28.8 Å². The highest BCUT2D eigenvalue weighted by Gasteiger charge is 2.12. The van der Waals surface area contributed by atoms with E-state index in [0.717, 1.165) is 17.7 Å². The number of carbonyl (C=O) groups is 1. The van der Waals surface area contributed by atoms with Crippen LogP contribution in [0.15, 0.2) is 42.5 Å². The zero-order valence-electron chi connectivity index (χ0n) is 13.0. The van der Waals surface area contributed by atoms with Crippen LogP contribution < -0.4 is 5.32 Å². The minimum atomic E-state index is -0.667.